The molecule has 0 unspecified atom stereocenters. The van der Waals surface area contributed by atoms with Gasteiger partial charge in [0.05, 0.1) is 10.2 Å². The van der Waals surface area contributed by atoms with Gasteiger partial charge in [0.1, 0.15) is 11.6 Å². The minimum absolute atomic E-state index is 0.745. The molecule has 4 nitrogen and oxygen atoms in total. The second-order valence-electron chi connectivity index (χ2n) is 3.51. The molecule has 5 heteroatoms. The highest BCUT2D eigenvalue weighted by Crippen LogP contribution is 2.23. The van der Waals surface area contributed by atoms with Crippen LogP contribution in [0.5, 0.6) is 0 Å². The Bertz CT molecular complexity index is 344. The van der Waals surface area contributed by atoms with Crippen molar-refractivity contribution in [2.45, 2.75) is 26.7 Å². The molecule has 0 saturated heterocycles. The fourth-order valence-corrected chi connectivity index (χ4v) is 1.71. The maximum absolute atomic E-state index is 5.01. The summed E-state index contributed by atoms with van der Waals surface area (Å²) in [7, 11) is 1.71. The zero-order valence-corrected chi connectivity index (χ0v) is 11.6. The summed E-state index contributed by atoms with van der Waals surface area (Å²) < 4.78 is 5.96. The van der Waals surface area contributed by atoms with Crippen molar-refractivity contribution in [3.8, 4) is 0 Å². The first-order chi connectivity index (χ1) is 7.69. The second kappa shape index (κ2) is 6.81. The maximum Gasteiger partial charge on any atom is 0.144 e. The third-order valence-corrected chi connectivity index (χ3v) is 3.11. The van der Waals surface area contributed by atoms with E-state index in [1.807, 2.05) is 6.92 Å². The van der Waals surface area contributed by atoms with E-state index in [0.29, 0.717) is 0 Å². The highest BCUT2D eigenvalue weighted by molar-refractivity contribution is 9.10. The predicted octanol–water partition coefficient (Wildman–Crippen LogP) is 2.56. The molecular weight excluding hydrogens is 270 g/mol. The van der Waals surface area contributed by atoms with E-state index in [4.69, 9.17) is 4.74 Å². The first kappa shape index (κ1) is 13.4. The van der Waals surface area contributed by atoms with Crippen LogP contribution < -0.4 is 5.32 Å². The molecule has 16 heavy (non-hydrogen) atoms. The van der Waals surface area contributed by atoms with Gasteiger partial charge in [0.25, 0.3) is 0 Å². The van der Waals surface area contributed by atoms with Crippen molar-refractivity contribution in [2.75, 3.05) is 25.6 Å². The van der Waals surface area contributed by atoms with Crippen LogP contribution >= 0.6 is 15.9 Å². The summed E-state index contributed by atoms with van der Waals surface area (Å²) in [4.78, 5) is 8.90. The summed E-state index contributed by atoms with van der Waals surface area (Å²) in [6.45, 7) is 5.63. The largest absolute Gasteiger partial charge is 0.385 e. The zero-order chi connectivity index (χ0) is 12.0. The number of methoxy groups -OCH3 is 1. The van der Waals surface area contributed by atoms with Gasteiger partial charge >= 0.3 is 0 Å². The average molecular weight is 288 g/mol. The molecule has 1 heterocycles. The number of halogens is 1. The Kier molecular flexibility index (Phi) is 5.69. The molecule has 90 valence electrons. The van der Waals surface area contributed by atoms with Gasteiger partial charge in [-0.1, -0.05) is 0 Å². The topological polar surface area (TPSA) is 47.0 Å². The van der Waals surface area contributed by atoms with E-state index in [0.717, 1.165) is 47.8 Å². The third-order valence-electron chi connectivity index (χ3n) is 2.16. The van der Waals surface area contributed by atoms with E-state index < -0.39 is 0 Å². The molecule has 0 aliphatic carbocycles. The standard InChI is InChI=1S/C11H18BrN3O/c1-4-13-11-10(12)8(2)14-9(15-11)6-5-7-16-3/h4-7H2,1-3H3,(H,13,14,15). The van der Waals surface area contributed by atoms with Crippen LogP contribution in [0.4, 0.5) is 5.82 Å². The minimum Gasteiger partial charge on any atom is -0.385 e. The van der Waals surface area contributed by atoms with Crippen molar-refractivity contribution >= 4 is 21.7 Å². The molecular formula is C11H18BrN3O. The molecule has 1 aromatic heterocycles. The number of nitrogens with one attached hydrogen (secondary N) is 1. The number of anilines is 1. The van der Waals surface area contributed by atoms with E-state index in [2.05, 4.69) is 38.1 Å². The van der Waals surface area contributed by atoms with Crippen molar-refractivity contribution < 1.29 is 4.74 Å². The van der Waals surface area contributed by atoms with E-state index in [1.165, 1.54) is 0 Å². The SMILES string of the molecule is CCNc1nc(CCCOC)nc(C)c1Br. The van der Waals surface area contributed by atoms with E-state index in [-0.39, 0.29) is 0 Å². The molecule has 0 radical (unpaired) electrons. The van der Waals surface area contributed by atoms with Gasteiger partial charge in [-0.25, -0.2) is 9.97 Å². The summed E-state index contributed by atoms with van der Waals surface area (Å²) in [6, 6.07) is 0. The van der Waals surface area contributed by atoms with Gasteiger partial charge in [-0.15, -0.1) is 0 Å². The van der Waals surface area contributed by atoms with Crippen LogP contribution in [0.2, 0.25) is 0 Å². The van der Waals surface area contributed by atoms with Gasteiger partial charge in [0.15, 0.2) is 0 Å². The number of ether oxygens (including phenoxy) is 1. The third kappa shape index (κ3) is 3.72. The zero-order valence-electron chi connectivity index (χ0n) is 10.0. The van der Waals surface area contributed by atoms with Crippen LogP contribution in [0.3, 0.4) is 0 Å². The normalized spacial score (nSPS) is 10.5. The Labute approximate surface area is 105 Å². The fourth-order valence-electron chi connectivity index (χ4n) is 1.39. The molecule has 0 aromatic carbocycles. The van der Waals surface area contributed by atoms with Crippen LogP contribution in [-0.2, 0) is 11.2 Å². The van der Waals surface area contributed by atoms with Crippen molar-refractivity contribution in [3.63, 3.8) is 0 Å². The van der Waals surface area contributed by atoms with Gasteiger partial charge in [0.2, 0.25) is 0 Å². The quantitative estimate of drug-likeness (QED) is 0.817. The van der Waals surface area contributed by atoms with Crippen LogP contribution in [0.15, 0.2) is 4.47 Å². The second-order valence-corrected chi connectivity index (χ2v) is 4.31. The minimum atomic E-state index is 0.745. The molecule has 0 fully saturated rings. The smallest absolute Gasteiger partial charge is 0.144 e. The first-order valence-corrected chi connectivity index (χ1v) is 6.24. The highest BCUT2D eigenvalue weighted by Gasteiger charge is 2.08. The molecule has 1 N–H and O–H groups in total. The Morgan fingerprint density at radius 3 is 2.75 bits per heavy atom. The summed E-state index contributed by atoms with van der Waals surface area (Å²) in [5, 5.41) is 3.22. The van der Waals surface area contributed by atoms with E-state index in [9.17, 15) is 0 Å². The van der Waals surface area contributed by atoms with Crippen molar-refractivity contribution in [1.82, 2.24) is 9.97 Å². The predicted molar refractivity (Wildman–Crippen MR) is 68.8 cm³/mol. The lowest BCUT2D eigenvalue weighted by atomic mass is 10.3. The fraction of sp³-hybridized carbons (Fsp3) is 0.636. The number of rotatable bonds is 6. The van der Waals surface area contributed by atoms with Crippen LogP contribution in [0.25, 0.3) is 0 Å². The summed E-state index contributed by atoms with van der Waals surface area (Å²) >= 11 is 3.48. The van der Waals surface area contributed by atoms with Gasteiger partial charge in [-0.3, -0.25) is 0 Å². The van der Waals surface area contributed by atoms with E-state index in [1.54, 1.807) is 7.11 Å². The Morgan fingerprint density at radius 1 is 1.38 bits per heavy atom. The first-order valence-electron chi connectivity index (χ1n) is 5.44. The van der Waals surface area contributed by atoms with Crippen LogP contribution in [0, 0.1) is 6.92 Å². The number of hydrogen-bond donors (Lipinski definition) is 1. The molecule has 0 spiro atoms. The summed E-state index contributed by atoms with van der Waals surface area (Å²) in [5.41, 5.74) is 0.971. The number of hydrogen-bond acceptors (Lipinski definition) is 4. The highest BCUT2D eigenvalue weighted by atomic mass is 79.9. The Hall–Kier alpha value is -0.680. The summed E-state index contributed by atoms with van der Waals surface area (Å²) in [6.07, 6.45) is 1.80. The van der Waals surface area contributed by atoms with Gasteiger partial charge in [-0.2, -0.15) is 0 Å². The van der Waals surface area contributed by atoms with Gasteiger partial charge < -0.3 is 10.1 Å². The molecule has 0 bridgehead atoms. The van der Waals surface area contributed by atoms with Gasteiger partial charge in [0, 0.05) is 26.7 Å². The molecule has 0 amide bonds. The maximum atomic E-state index is 5.01. The monoisotopic (exact) mass is 287 g/mol. The number of aryl methyl sites for hydroxylation is 2. The number of aromatic nitrogens is 2. The molecule has 0 aliphatic rings. The van der Waals surface area contributed by atoms with E-state index >= 15 is 0 Å². The molecule has 1 rings (SSSR count). The van der Waals surface area contributed by atoms with Crippen LogP contribution in [0.1, 0.15) is 24.9 Å². The Balaban J connectivity index is 2.77. The Morgan fingerprint density at radius 2 is 2.12 bits per heavy atom. The van der Waals surface area contributed by atoms with Crippen molar-refractivity contribution in [3.05, 3.63) is 16.0 Å². The molecule has 0 saturated carbocycles. The van der Waals surface area contributed by atoms with Crippen LogP contribution in [-0.4, -0.2) is 30.2 Å². The lowest BCUT2D eigenvalue weighted by Gasteiger charge is -2.09. The molecule has 1 aromatic rings. The molecule has 0 aliphatic heterocycles. The lowest BCUT2D eigenvalue weighted by molar-refractivity contribution is 0.194. The van der Waals surface area contributed by atoms with Crippen molar-refractivity contribution in [1.29, 1.82) is 0 Å². The molecule has 0 atom stereocenters. The lowest BCUT2D eigenvalue weighted by Crippen LogP contribution is -2.07. The number of nitrogens with zero attached hydrogens (tertiary/aromatic N) is 2. The summed E-state index contributed by atoms with van der Waals surface area (Å²) in [5.74, 6) is 1.75. The van der Waals surface area contributed by atoms with Crippen molar-refractivity contribution in [2.24, 2.45) is 0 Å². The van der Waals surface area contributed by atoms with Gasteiger partial charge in [-0.05, 0) is 36.2 Å². The average Bonchev–Trinajstić information content (AvgIpc) is 2.26.